The molecule has 156 valence electrons. The number of thiazole rings is 1. The number of anilines is 1. The SMILES string of the molecule is COc1ccc(N(C(=O)c2ccc(SCc3csc(C)n3)cc2)C(C)C2CC2)cc1. The van der Waals surface area contributed by atoms with Crippen LogP contribution in [-0.4, -0.2) is 24.0 Å². The first-order valence-electron chi connectivity index (χ1n) is 10.2. The van der Waals surface area contributed by atoms with Crippen molar-refractivity contribution in [2.75, 3.05) is 12.0 Å². The monoisotopic (exact) mass is 438 g/mol. The van der Waals surface area contributed by atoms with Crippen LogP contribution >= 0.6 is 23.1 Å². The lowest BCUT2D eigenvalue weighted by Crippen LogP contribution is -2.40. The Hall–Kier alpha value is -2.31. The number of rotatable bonds is 8. The van der Waals surface area contributed by atoms with Gasteiger partial charge in [-0.1, -0.05) is 0 Å². The van der Waals surface area contributed by atoms with Crippen LogP contribution in [0, 0.1) is 12.8 Å². The zero-order chi connectivity index (χ0) is 21.1. The summed E-state index contributed by atoms with van der Waals surface area (Å²) in [6, 6.07) is 15.9. The second kappa shape index (κ2) is 9.23. The molecular weight excluding hydrogens is 412 g/mol. The highest BCUT2D eigenvalue weighted by molar-refractivity contribution is 7.98. The van der Waals surface area contributed by atoms with Gasteiger partial charge in [-0.2, -0.15) is 0 Å². The molecular formula is C24H26N2O2S2. The number of carbonyl (C=O) groups is 1. The third kappa shape index (κ3) is 4.87. The van der Waals surface area contributed by atoms with Gasteiger partial charge in [0.05, 0.1) is 17.8 Å². The van der Waals surface area contributed by atoms with E-state index in [1.54, 1.807) is 30.2 Å². The summed E-state index contributed by atoms with van der Waals surface area (Å²) < 4.78 is 5.27. The quantitative estimate of drug-likeness (QED) is 0.393. The number of thioether (sulfide) groups is 1. The van der Waals surface area contributed by atoms with Gasteiger partial charge in [-0.25, -0.2) is 4.98 Å². The minimum absolute atomic E-state index is 0.0474. The first kappa shape index (κ1) is 20.9. The number of nitrogens with zero attached hydrogens (tertiary/aromatic N) is 2. The second-order valence-electron chi connectivity index (χ2n) is 7.62. The van der Waals surface area contributed by atoms with Crippen LogP contribution in [0.5, 0.6) is 5.75 Å². The highest BCUT2D eigenvalue weighted by Gasteiger charge is 2.35. The number of benzene rings is 2. The molecule has 3 aromatic rings. The zero-order valence-corrected chi connectivity index (χ0v) is 19.1. The van der Waals surface area contributed by atoms with Gasteiger partial charge in [0.25, 0.3) is 5.91 Å². The van der Waals surface area contributed by atoms with Gasteiger partial charge in [-0.05, 0) is 81.1 Å². The van der Waals surface area contributed by atoms with Crippen LogP contribution < -0.4 is 9.64 Å². The van der Waals surface area contributed by atoms with E-state index in [9.17, 15) is 4.79 Å². The molecule has 1 saturated carbocycles. The van der Waals surface area contributed by atoms with Gasteiger partial charge in [0.2, 0.25) is 0 Å². The lowest BCUT2D eigenvalue weighted by molar-refractivity contribution is 0.0975. The van der Waals surface area contributed by atoms with Gasteiger partial charge in [0.15, 0.2) is 0 Å². The summed E-state index contributed by atoms with van der Waals surface area (Å²) in [4.78, 5) is 21.0. The molecule has 1 aliphatic rings. The van der Waals surface area contributed by atoms with E-state index in [2.05, 4.69) is 17.3 Å². The molecule has 1 atom stereocenters. The molecule has 0 saturated heterocycles. The predicted octanol–water partition coefficient (Wildman–Crippen LogP) is 6.20. The van der Waals surface area contributed by atoms with Crippen LogP contribution in [0.25, 0.3) is 0 Å². The zero-order valence-electron chi connectivity index (χ0n) is 17.5. The highest BCUT2D eigenvalue weighted by Crippen LogP contribution is 2.38. The smallest absolute Gasteiger partial charge is 0.258 e. The van der Waals surface area contributed by atoms with Gasteiger partial charge >= 0.3 is 0 Å². The number of aromatic nitrogens is 1. The molecule has 0 N–H and O–H groups in total. The fraction of sp³-hybridized carbons (Fsp3) is 0.333. The van der Waals surface area contributed by atoms with E-state index in [0.29, 0.717) is 11.5 Å². The van der Waals surface area contributed by atoms with E-state index in [4.69, 9.17) is 4.74 Å². The molecule has 1 unspecified atom stereocenters. The Morgan fingerprint density at radius 1 is 1.20 bits per heavy atom. The summed E-state index contributed by atoms with van der Waals surface area (Å²) in [6.07, 6.45) is 2.37. The average Bonchev–Trinajstić information content (AvgIpc) is 3.54. The fourth-order valence-corrected chi connectivity index (χ4v) is 5.04. The van der Waals surface area contributed by atoms with Crippen molar-refractivity contribution in [2.45, 2.75) is 43.4 Å². The highest BCUT2D eigenvalue weighted by atomic mass is 32.2. The minimum atomic E-state index is 0.0474. The molecule has 0 bridgehead atoms. The molecule has 1 aromatic heterocycles. The van der Waals surface area contributed by atoms with Crippen molar-refractivity contribution in [2.24, 2.45) is 5.92 Å². The molecule has 1 amide bonds. The van der Waals surface area contributed by atoms with Crippen LogP contribution in [-0.2, 0) is 5.75 Å². The number of carbonyl (C=O) groups excluding carboxylic acids is 1. The Kier molecular flexibility index (Phi) is 6.44. The molecule has 0 spiro atoms. The molecule has 0 radical (unpaired) electrons. The van der Waals surface area contributed by atoms with E-state index in [1.165, 1.54) is 12.8 Å². The summed E-state index contributed by atoms with van der Waals surface area (Å²) >= 11 is 3.42. The Morgan fingerprint density at radius 3 is 2.47 bits per heavy atom. The first-order chi connectivity index (χ1) is 14.5. The van der Waals surface area contributed by atoms with E-state index < -0.39 is 0 Å². The molecule has 6 heteroatoms. The van der Waals surface area contributed by atoms with E-state index in [0.717, 1.165) is 32.8 Å². The summed E-state index contributed by atoms with van der Waals surface area (Å²) in [7, 11) is 1.65. The molecule has 30 heavy (non-hydrogen) atoms. The maximum Gasteiger partial charge on any atom is 0.258 e. The van der Waals surface area contributed by atoms with E-state index >= 15 is 0 Å². The molecule has 0 aliphatic heterocycles. The summed E-state index contributed by atoms with van der Waals surface area (Å²) in [5.74, 6) is 2.26. The first-order valence-corrected chi connectivity index (χ1v) is 12.0. The molecule has 1 aliphatic carbocycles. The maximum atomic E-state index is 13.4. The lowest BCUT2D eigenvalue weighted by Gasteiger charge is -2.30. The molecule has 2 aromatic carbocycles. The van der Waals surface area contributed by atoms with Crippen LogP contribution in [0.15, 0.2) is 58.8 Å². The standard InChI is InChI=1S/C24H26N2O2S2/c1-16(18-4-5-18)26(21-8-10-22(28-3)11-9-21)24(27)19-6-12-23(13-7-19)30-15-20-14-29-17(2)25-20/h6-14,16,18H,4-5,15H2,1-3H3. The number of aryl methyl sites for hydroxylation is 1. The van der Waals surface area contributed by atoms with Crippen molar-refractivity contribution in [3.63, 3.8) is 0 Å². The van der Waals surface area contributed by atoms with Gasteiger partial charge in [-0.15, -0.1) is 23.1 Å². The summed E-state index contributed by atoms with van der Waals surface area (Å²) in [5.41, 5.74) is 2.73. The van der Waals surface area contributed by atoms with Crippen molar-refractivity contribution in [1.29, 1.82) is 0 Å². The van der Waals surface area contributed by atoms with Gasteiger partial charge in [-0.3, -0.25) is 4.79 Å². The van der Waals surface area contributed by atoms with Crippen LogP contribution in [0.4, 0.5) is 5.69 Å². The fourth-order valence-electron chi connectivity index (χ4n) is 3.53. The number of ether oxygens (including phenoxy) is 1. The number of hydrogen-bond donors (Lipinski definition) is 0. The van der Waals surface area contributed by atoms with Gasteiger partial charge < -0.3 is 9.64 Å². The van der Waals surface area contributed by atoms with Gasteiger partial charge in [0, 0.05) is 33.3 Å². The van der Waals surface area contributed by atoms with Crippen LogP contribution in [0.2, 0.25) is 0 Å². The van der Waals surface area contributed by atoms with Crippen molar-refractivity contribution < 1.29 is 9.53 Å². The van der Waals surface area contributed by atoms with E-state index in [1.807, 2.05) is 60.4 Å². The second-order valence-corrected chi connectivity index (χ2v) is 9.73. The number of methoxy groups -OCH3 is 1. The van der Waals surface area contributed by atoms with Crippen molar-refractivity contribution in [3.05, 3.63) is 70.2 Å². The Labute approximate surface area is 186 Å². The van der Waals surface area contributed by atoms with Crippen LogP contribution in [0.1, 0.15) is 40.8 Å². The molecule has 4 rings (SSSR count). The largest absolute Gasteiger partial charge is 0.497 e. The van der Waals surface area contributed by atoms with Crippen LogP contribution in [0.3, 0.4) is 0 Å². The van der Waals surface area contributed by atoms with Gasteiger partial charge in [0.1, 0.15) is 5.75 Å². The number of amides is 1. The van der Waals surface area contributed by atoms with Crippen molar-refractivity contribution in [3.8, 4) is 5.75 Å². The summed E-state index contributed by atoms with van der Waals surface area (Å²) in [5, 5.41) is 3.20. The predicted molar refractivity (Wildman–Crippen MR) is 125 cm³/mol. The topological polar surface area (TPSA) is 42.4 Å². The van der Waals surface area contributed by atoms with E-state index in [-0.39, 0.29) is 11.9 Å². The third-order valence-corrected chi connectivity index (χ3v) is 7.30. The maximum absolute atomic E-state index is 13.4. The lowest BCUT2D eigenvalue weighted by atomic mass is 10.1. The normalized spacial score (nSPS) is 14.4. The Bertz CT molecular complexity index is 995. The molecule has 1 heterocycles. The minimum Gasteiger partial charge on any atom is -0.497 e. The van der Waals surface area contributed by atoms with Crippen molar-refractivity contribution in [1.82, 2.24) is 4.98 Å². The molecule has 4 nitrogen and oxygen atoms in total. The number of hydrogen-bond acceptors (Lipinski definition) is 5. The molecule has 1 fully saturated rings. The third-order valence-electron chi connectivity index (χ3n) is 5.44. The summed E-state index contributed by atoms with van der Waals surface area (Å²) in [6.45, 7) is 4.18. The average molecular weight is 439 g/mol. The Morgan fingerprint density at radius 2 is 1.90 bits per heavy atom. The Balaban J connectivity index is 1.50. The van der Waals surface area contributed by atoms with Crippen molar-refractivity contribution >= 4 is 34.7 Å².